The largest absolute Gasteiger partial charge is 0.349 e. The van der Waals surface area contributed by atoms with Crippen LogP contribution in [0.25, 0.3) is 22.0 Å². The number of hydrogen-bond donors (Lipinski definition) is 2. The normalized spacial score (nSPS) is 16.3. The van der Waals surface area contributed by atoms with Crippen molar-refractivity contribution < 1.29 is 23.6 Å². The van der Waals surface area contributed by atoms with E-state index in [1.165, 1.54) is 100.0 Å². The van der Waals surface area contributed by atoms with E-state index in [-0.39, 0.29) is 43.4 Å². The second-order valence-electron chi connectivity index (χ2n) is 16.9. The lowest BCUT2D eigenvalue weighted by atomic mass is 10.0. The van der Waals surface area contributed by atoms with Crippen molar-refractivity contribution >= 4 is 56.2 Å². The number of anilines is 1. The number of pyridine rings is 1. The Kier molecular flexibility index (Phi) is 17.3. The minimum Gasteiger partial charge on any atom is -0.349 e. The summed E-state index contributed by atoms with van der Waals surface area (Å²) in [4.78, 5) is 67.1. The number of hydrogen-bond acceptors (Lipinski definition) is 8. The molecule has 14 heteroatoms. The summed E-state index contributed by atoms with van der Waals surface area (Å²) >= 11 is 3.37. The molecule has 1 aliphatic heterocycles. The van der Waals surface area contributed by atoms with Crippen LogP contribution in [0.5, 0.6) is 0 Å². The first-order valence-corrected chi connectivity index (χ1v) is 23.4. The van der Waals surface area contributed by atoms with Crippen LogP contribution in [0.1, 0.15) is 164 Å². The Hall–Kier alpha value is -4.59. The monoisotopic (exact) mass is 900 g/mol. The fourth-order valence-corrected chi connectivity index (χ4v) is 8.56. The second kappa shape index (κ2) is 23.0. The van der Waals surface area contributed by atoms with Gasteiger partial charge < -0.3 is 15.5 Å². The van der Waals surface area contributed by atoms with Crippen LogP contribution in [0.4, 0.5) is 10.2 Å². The van der Waals surface area contributed by atoms with Crippen molar-refractivity contribution in [3.05, 3.63) is 64.4 Å². The lowest BCUT2D eigenvalue weighted by Crippen LogP contribution is -2.44. The van der Waals surface area contributed by atoms with Crippen molar-refractivity contribution in [1.29, 1.82) is 0 Å². The Balaban J connectivity index is 0.954. The number of alkyl halides is 1. The Labute approximate surface area is 367 Å². The number of halogens is 2. The SMILES string of the molecule is CCCCCCCCCCCCCCCCCC(=O)NCc1ncc(-c2ccc3c(c2)c(C(C)=O)nn3CC(=O)N2C[C@H](F)C[C@H]2C(=O)Nc2nc(Br)ccc2C2CC2)cn1. The Morgan fingerprint density at radius 3 is 2.10 bits per heavy atom. The fraction of sp³-hybridized carbons (Fsp3) is 0.574. The summed E-state index contributed by atoms with van der Waals surface area (Å²) in [6.07, 6.45) is 23.6. The second-order valence-corrected chi connectivity index (χ2v) is 17.7. The molecule has 0 radical (unpaired) electrons. The predicted molar refractivity (Wildman–Crippen MR) is 240 cm³/mol. The molecule has 1 aromatic carbocycles. The molecule has 0 unspecified atom stereocenters. The van der Waals surface area contributed by atoms with Gasteiger partial charge in [-0.1, -0.05) is 109 Å². The van der Waals surface area contributed by atoms with Gasteiger partial charge >= 0.3 is 0 Å². The van der Waals surface area contributed by atoms with Crippen molar-refractivity contribution in [3.63, 3.8) is 0 Å². The zero-order valence-electron chi connectivity index (χ0n) is 35.9. The number of amides is 3. The van der Waals surface area contributed by atoms with Crippen LogP contribution in [-0.2, 0) is 27.5 Å². The van der Waals surface area contributed by atoms with Gasteiger partial charge in [0.1, 0.15) is 40.7 Å². The summed E-state index contributed by atoms with van der Waals surface area (Å²) in [5.41, 5.74) is 3.11. The Bertz CT molecular complexity index is 2110. The molecule has 3 aromatic heterocycles. The molecule has 328 valence electrons. The first kappa shape index (κ1) is 45.9. The number of unbranched alkanes of at least 4 members (excludes halogenated alkanes) is 14. The van der Waals surface area contributed by atoms with E-state index in [1.54, 1.807) is 18.5 Å². The van der Waals surface area contributed by atoms with Crippen molar-refractivity contribution in [3.8, 4) is 11.1 Å². The third-order valence-electron chi connectivity index (χ3n) is 11.9. The summed E-state index contributed by atoms with van der Waals surface area (Å²) in [6, 6.07) is 8.14. The zero-order valence-corrected chi connectivity index (χ0v) is 37.5. The average Bonchev–Trinajstić information content (AvgIpc) is 3.92. The van der Waals surface area contributed by atoms with Crippen molar-refractivity contribution in [1.82, 2.24) is 34.9 Å². The molecule has 0 bridgehead atoms. The van der Waals surface area contributed by atoms with Gasteiger partial charge in [-0.15, -0.1) is 0 Å². The number of nitrogens with one attached hydrogen (secondary N) is 2. The molecule has 61 heavy (non-hydrogen) atoms. The van der Waals surface area contributed by atoms with E-state index in [2.05, 4.69) is 53.5 Å². The highest BCUT2D eigenvalue weighted by molar-refractivity contribution is 9.10. The number of fused-ring (bicyclic) bond motifs is 1. The molecule has 2 aliphatic rings. The smallest absolute Gasteiger partial charge is 0.248 e. The first-order valence-electron chi connectivity index (χ1n) is 22.6. The minimum absolute atomic E-state index is 0.00606. The Morgan fingerprint density at radius 2 is 1.48 bits per heavy atom. The maximum Gasteiger partial charge on any atom is 0.248 e. The molecule has 2 atom stereocenters. The maximum absolute atomic E-state index is 14.8. The van der Waals surface area contributed by atoms with Gasteiger partial charge in [-0.25, -0.2) is 19.3 Å². The number of Topliss-reactive ketones (excluding diaryl/α,β-unsaturated/α-hetero) is 1. The third-order valence-corrected chi connectivity index (χ3v) is 12.3. The summed E-state index contributed by atoms with van der Waals surface area (Å²) < 4.78 is 16.8. The molecule has 1 saturated carbocycles. The van der Waals surface area contributed by atoms with Gasteiger partial charge in [-0.2, -0.15) is 5.10 Å². The topological polar surface area (TPSA) is 152 Å². The van der Waals surface area contributed by atoms with E-state index in [0.717, 1.165) is 36.8 Å². The molecule has 12 nitrogen and oxygen atoms in total. The van der Waals surface area contributed by atoms with Crippen LogP contribution in [0.15, 0.2) is 47.3 Å². The molecule has 6 rings (SSSR count). The highest BCUT2D eigenvalue weighted by atomic mass is 79.9. The van der Waals surface area contributed by atoms with E-state index in [4.69, 9.17) is 0 Å². The third kappa shape index (κ3) is 13.4. The highest BCUT2D eigenvalue weighted by Gasteiger charge is 2.41. The summed E-state index contributed by atoms with van der Waals surface area (Å²) in [7, 11) is 0. The quantitative estimate of drug-likeness (QED) is 0.0379. The van der Waals surface area contributed by atoms with E-state index in [0.29, 0.717) is 45.1 Å². The van der Waals surface area contributed by atoms with Crippen LogP contribution in [-0.4, -0.2) is 71.9 Å². The van der Waals surface area contributed by atoms with E-state index >= 15 is 0 Å². The molecule has 2 N–H and O–H groups in total. The highest BCUT2D eigenvalue weighted by Crippen LogP contribution is 2.43. The van der Waals surface area contributed by atoms with Gasteiger partial charge in [0, 0.05) is 43.1 Å². The maximum atomic E-state index is 14.8. The summed E-state index contributed by atoms with van der Waals surface area (Å²) in [5.74, 6) is -0.0377. The van der Waals surface area contributed by atoms with Crippen molar-refractivity contribution in [2.24, 2.45) is 0 Å². The summed E-state index contributed by atoms with van der Waals surface area (Å²) in [6.45, 7) is 3.40. The van der Waals surface area contributed by atoms with Crippen LogP contribution < -0.4 is 10.6 Å². The van der Waals surface area contributed by atoms with Gasteiger partial charge in [-0.05, 0) is 70.4 Å². The van der Waals surface area contributed by atoms with E-state index in [9.17, 15) is 23.6 Å². The fourth-order valence-electron chi connectivity index (χ4n) is 8.26. The average molecular weight is 902 g/mol. The Morgan fingerprint density at radius 1 is 0.836 bits per heavy atom. The molecule has 1 saturated heterocycles. The van der Waals surface area contributed by atoms with Crippen molar-refractivity contribution in [2.45, 2.75) is 167 Å². The molecule has 3 amide bonds. The van der Waals surface area contributed by atoms with Gasteiger partial charge in [0.25, 0.3) is 0 Å². The van der Waals surface area contributed by atoms with Gasteiger partial charge in [0.15, 0.2) is 5.78 Å². The predicted octanol–water partition coefficient (Wildman–Crippen LogP) is 10.2. The van der Waals surface area contributed by atoms with Gasteiger partial charge in [0.2, 0.25) is 17.7 Å². The van der Waals surface area contributed by atoms with E-state index < -0.39 is 24.0 Å². The number of likely N-dealkylation sites (tertiary alicyclic amines) is 1. The molecule has 0 spiro atoms. The lowest BCUT2D eigenvalue weighted by Gasteiger charge is -2.24. The molecule has 1 aliphatic carbocycles. The number of nitrogens with zero attached hydrogens (tertiary/aromatic N) is 6. The standard InChI is InChI=1S/C47H62BrFN8O4/c1-3-4-5-6-7-8-9-10-11-12-13-14-15-16-17-18-43(59)52-29-42-50-27-35(28-51-42)34-21-23-39-38(25-34)45(32(2)58)55-57(39)31-44(60)56-30-36(49)26-40(56)47(61)54-46-37(33-19-20-33)22-24-41(48)53-46/h21-25,27-28,33,36,40H,3-20,26,29-31H2,1-2H3,(H,52,59)(H,53,54,61)/t36-,40+/m1/s1. The lowest BCUT2D eigenvalue weighted by molar-refractivity contribution is -0.137. The first-order chi connectivity index (χ1) is 29.6. The number of benzene rings is 1. The number of aromatic nitrogens is 5. The number of rotatable bonds is 25. The number of carbonyl (C=O) groups excluding carboxylic acids is 4. The molecular formula is C47H62BrFN8O4. The van der Waals surface area contributed by atoms with Gasteiger partial charge in [-0.3, -0.25) is 23.9 Å². The van der Waals surface area contributed by atoms with Crippen LogP contribution >= 0.6 is 15.9 Å². The van der Waals surface area contributed by atoms with E-state index in [1.807, 2.05) is 24.3 Å². The van der Waals surface area contributed by atoms with Gasteiger partial charge in [0.05, 0.1) is 18.6 Å². The minimum atomic E-state index is -1.36. The number of carbonyl (C=O) groups is 4. The van der Waals surface area contributed by atoms with Crippen LogP contribution in [0.3, 0.4) is 0 Å². The zero-order chi connectivity index (χ0) is 43.1. The molecule has 4 heterocycles. The number of ketones is 1. The molecular weight excluding hydrogens is 839 g/mol. The van der Waals surface area contributed by atoms with Crippen LogP contribution in [0, 0.1) is 0 Å². The molecule has 4 aromatic rings. The van der Waals surface area contributed by atoms with Crippen molar-refractivity contribution in [2.75, 3.05) is 11.9 Å². The summed E-state index contributed by atoms with van der Waals surface area (Å²) in [5, 5.41) is 10.8. The molecule has 2 fully saturated rings. The van der Waals surface area contributed by atoms with Crippen LogP contribution in [0.2, 0.25) is 0 Å².